The highest BCUT2D eigenvalue weighted by Crippen LogP contribution is 2.32. The standard InChI is InChI=1S/C14H12F3NO3/c1-7(13(19)20)11-8(2)21-12(18-11)9-3-5-10(6-4-9)14(15,16)17/h3-7H,1-2H3,(H,19,20). The number of carboxylic acids is 1. The fourth-order valence-electron chi connectivity index (χ4n) is 1.85. The number of nitrogens with zero attached hydrogens (tertiary/aromatic N) is 1. The smallest absolute Gasteiger partial charge is 0.416 e. The maximum Gasteiger partial charge on any atom is 0.416 e. The van der Waals surface area contributed by atoms with E-state index in [2.05, 4.69) is 4.98 Å². The van der Waals surface area contributed by atoms with Crippen molar-refractivity contribution >= 4 is 5.97 Å². The van der Waals surface area contributed by atoms with Crippen LogP contribution in [0.25, 0.3) is 11.5 Å². The number of hydrogen-bond acceptors (Lipinski definition) is 3. The normalized spacial score (nSPS) is 13.2. The summed E-state index contributed by atoms with van der Waals surface area (Å²) in [7, 11) is 0. The second kappa shape index (κ2) is 5.23. The first-order chi connectivity index (χ1) is 9.70. The van der Waals surface area contributed by atoms with Gasteiger partial charge in [-0.1, -0.05) is 0 Å². The Morgan fingerprint density at radius 2 is 1.86 bits per heavy atom. The van der Waals surface area contributed by atoms with Crippen LogP contribution in [0.3, 0.4) is 0 Å². The van der Waals surface area contributed by atoms with Crippen molar-refractivity contribution in [2.24, 2.45) is 0 Å². The molecule has 4 nitrogen and oxygen atoms in total. The number of carboxylic acid groups (broad SMARTS) is 1. The number of halogens is 3. The minimum absolute atomic E-state index is 0.101. The van der Waals surface area contributed by atoms with E-state index in [0.717, 1.165) is 12.1 Å². The summed E-state index contributed by atoms with van der Waals surface area (Å²) in [5.74, 6) is -1.47. The minimum atomic E-state index is -4.41. The van der Waals surface area contributed by atoms with Crippen LogP contribution in [0, 0.1) is 6.92 Å². The largest absolute Gasteiger partial charge is 0.481 e. The van der Waals surface area contributed by atoms with Crippen LogP contribution in [0.5, 0.6) is 0 Å². The number of aromatic nitrogens is 1. The molecule has 0 aliphatic rings. The Labute approximate surface area is 118 Å². The first-order valence-corrected chi connectivity index (χ1v) is 6.08. The number of benzene rings is 1. The monoisotopic (exact) mass is 299 g/mol. The van der Waals surface area contributed by atoms with Crippen molar-refractivity contribution in [1.29, 1.82) is 0 Å². The highest BCUT2D eigenvalue weighted by atomic mass is 19.4. The Balaban J connectivity index is 2.35. The third-order valence-corrected chi connectivity index (χ3v) is 3.07. The Bertz CT molecular complexity index is 659. The molecule has 0 aliphatic heterocycles. The van der Waals surface area contributed by atoms with Crippen LogP contribution in [-0.4, -0.2) is 16.1 Å². The molecule has 0 bridgehead atoms. The third-order valence-electron chi connectivity index (χ3n) is 3.07. The zero-order chi connectivity index (χ0) is 15.8. The minimum Gasteiger partial charge on any atom is -0.481 e. The molecule has 1 aromatic carbocycles. The molecule has 1 aromatic heterocycles. The molecule has 112 valence electrons. The molecular formula is C14H12F3NO3. The Kier molecular flexibility index (Phi) is 3.76. The summed E-state index contributed by atoms with van der Waals surface area (Å²) < 4.78 is 42.8. The van der Waals surface area contributed by atoms with Gasteiger partial charge in [0.2, 0.25) is 5.89 Å². The molecule has 0 aliphatic carbocycles. The summed E-state index contributed by atoms with van der Waals surface area (Å²) in [4.78, 5) is 15.0. The predicted octanol–water partition coefficient (Wildman–Crippen LogP) is 3.86. The zero-order valence-electron chi connectivity index (χ0n) is 11.2. The maximum absolute atomic E-state index is 12.5. The molecule has 0 fully saturated rings. The lowest BCUT2D eigenvalue weighted by atomic mass is 10.1. The molecule has 21 heavy (non-hydrogen) atoms. The van der Waals surface area contributed by atoms with Crippen molar-refractivity contribution < 1.29 is 27.5 Å². The van der Waals surface area contributed by atoms with Gasteiger partial charge in [0, 0.05) is 5.56 Å². The average molecular weight is 299 g/mol. The summed E-state index contributed by atoms with van der Waals surface area (Å²) >= 11 is 0. The first kappa shape index (κ1) is 15.1. The van der Waals surface area contributed by atoms with E-state index in [1.807, 2.05) is 0 Å². The van der Waals surface area contributed by atoms with Gasteiger partial charge in [0.15, 0.2) is 0 Å². The van der Waals surface area contributed by atoms with E-state index in [1.165, 1.54) is 19.1 Å². The van der Waals surface area contributed by atoms with Crippen LogP contribution in [0.15, 0.2) is 28.7 Å². The second-order valence-corrected chi connectivity index (χ2v) is 4.60. The van der Waals surface area contributed by atoms with Gasteiger partial charge in [-0.05, 0) is 38.1 Å². The third kappa shape index (κ3) is 3.07. The van der Waals surface area contributed by atoms with Gasteiger partial charge in [-0.15, -0.1) is 0 Å². The van der Waals surface area contributed by atoms with E-state index in [4.69, 9.17) is 9.52 Å². The SMILES string of the molecule is Cc1oc(-c2ccc(C(F)(F)F)cc2)nc1C(C)C(=O)O. The van der Waals surface area contributed by atoms with Gasteiger partial charge in [-0.25, -0.2) is 4.98 Å². The van der Waals surface area contributed by atoms with Gasteiger partial charge in [0.1, 0.15) is 5.76 Å². The quantitative estimate of drug-likeness (QED) is 0.934. The number of aliphatic carboxylic acids is 1. The van der Waals surface area contributed by atoms with Crippen molar-refractivity contribution in [2.45, 2.75) is 25.9 Å². The molecule has 1 N–H and O–H groups in total. The van der Waals surface area contributed by atoms with Gasteiger partial charge in [0.25, 0.3) is 0 Å². The second-order valence-electron chi connectivity index (χ2n) is 4.60. The number of hydrogen-bond donors (Lipinski definition) is 1. The molecule has 0 spiro atoms. The summed E-state index contributed by atoms with van der Waals surface area (Å²) in [5, 5.41) is 8.96. The molecule has 1 unspecified atom stereocenters. The summed E-state index contributed by atoms with van der Waals surface area (Å²) in [6, 6.07) is 4.33. The summed E-state index contributed by atoms with van der Waals surface area (Å²) in [6.07, 6.45) is -4.41. The first-order valence-electron chi connectivity index (χ1n) is 6.08. The molecule has 2 aromatic rings. The van der Waals surface area contributed by atoms with Crippen LogP contribution in [0.4, 0.5) is 13.2 Å². The molecule has 0 radical (unpaired) electrons. The molecule has 0 saturated heterocycles. The summed E-state index contributed by atoms with van der Waals surface area (Å²) in [5.41, 5.74) is -0.152. The molecule has 1 atom stereocenters. The molecule has 0 amide bonds. The van der Waals surface area contributed by atoms with Crippen LogP contribution in [0.2, 0.25) is 0 Å². The number of carbonyl (C=O) groups is 1. The number of alkyl halides is 3. The lowest BCUT2D eigenvalue weighted by molar-refractivity contribution is -0.139. The highest BCUT2D eigenvalue weighted by molar-refractivity contribution is 5.75. The van der Waals surface area contributed by atoms with E-state index in [1.54, 1.807) is 6.92 Å². The molecule has 7 heteroatoms. The van der Waals surface area contributed by atoms with Crippen molar-refractivity contribution in [3.05, 3.63) is 41.3 Å². The lowest BCUT2D eigenvalue weighted by Crippen LogP contribution is -2.08. The molecule has 2 rings (SSSR count). The summed E-state index contributed by atoms with van der Waals surface area (Å²) in [6.45, 7) is 3.03. The van der Waals surface area contributed by atoms with E-state index in [9.17, 15) is 18.0 Å². The zero-order valence-corrected chi connectivity index (χ0v) is 11.2. The topological polar surface area (TPSA) is 63.3 Å². The molecular weight excluding hydrogens is 287 g/mol. The Morgan fingerprint density at radius 1 is 1.29 bits per heavy atom. The van der Waals surface area contributed by atoms with Crippen LogP contribution in [0.1, 0.15) is 29.9 Å². The fraction of sp³-hybridized carbons (Fsp3) is 0.286. The molecule has 1 heterocycles. The van der Waals surface area contributed by atoms with Crippen LogP contribution >= 0.6 is 0 Å². The van der Waals surface area contributed by atoms with Gasteiger partial charge in [-0.3, -0.25) is 4.79 Å². The van der Waals surface area contributed by atoms with E-state index < -0.39 is 23.6 Å². The van der Waals surface area contributed by atoms with Crippen molar-refractivity contribution in [3.63, 3.8) is 0 Å². The van der Waals surface area contributed by atoms with E-state index in [0.29, 0.717) is 11.3 Å². The Hall–Kier alpha value is -2.31. The highest BCUT2D eigenvalue weighted by Gasteiger charge is 2.30. The van der Waals surface area contributed by atoms with Gasteiger partial charge in [0.05, 0.1) is 17.2 Å². The maximum atomic E-state index is 12.5. The van der Waals surface area contributed by atoms with Crippen molar-refractivity contribution in [3.8, 4) is 11.5 Å². The van der Waals surface area contributed by atoms with Crippen molar-refractivity contribution in [2.75, 3.05) is 0 Å². The van der Waals surface area contributed by atoms with Crippen LogP contribution in [-0.2, 0) is 11.0 Å². The average Bonchev–Trinajstić information content (AvgIpc) is 2.79. The van der Waals surface area contributed by atoms with Gasteiger partial charge >= 0.3 is 12.1 Å². The van der Waals surface area contributed by atoms with Crippen LogP contribution < -0.4 is 0 Å². The Morgan fingerprint density at radius 3 is 2.33 bits per heavy atom. The number of rotatable bonds is 3. The molecule has 0 saturated carbocycles. The predicted molar refractivity (Wildman–Crippen MR) is 67.7 cm³/mol. The van der Waals surface area contributed by atoms with E-state index in [-0.39, 0.29) is 11.6 Å². The number of oxazole rings is 1. The lowest BCUT2D eigenvalue weighted by Gasteiger charge is -2.06. The van der Waals surface area contributed by atoms with Crippen molar-refractivity contribution in [1.82, 2.24) is 4.98 Å². The number of aryl methyl sites for hydroxylation is 1. The van der Waals surface area contributed by atoms with Gasteiger partial charge < -0.3 is 9.52 Å². The fourth-order valence-corrected chi connectivity index (χ4v) is 1.85. The van der Waals surface area contributed by atoms with E-state index >= 15 is 0 Å². The van der Waals surface area contributed by atoms with Gasteiger partial charge in [-0.2, -0.15) is 13.2 Å².